The lowest BCUT2D eigenvalue weighted by atomic mass is 10.0. The minimum atomic E-state index is -0.586. The fourth-order valence-electron chi connectivity index (χ4n) is 3.87. The van der Waals surface area contributed by atoms with Crippen LogP contribution in [-0.4, -0.2) is 64.0 Å². The average molecular weight is 376 g/mol. The first-order valence-corrected chi connectivity index (χ1v) is 9.39. The fourth-order valence-corrected chi connectivity index (χ4v) is 3.87. The third kappa shape index (κ3) is 4.35. The van der Waals surface area contributed by atoms with Gasteiger partial charge in [0.1, 0.15) is 12.2 Å². The molecule has 3 unspecified atom stereocenters. The maximum atomic E-state index is 12.6. The van der Waals surface area contributed by atoms with E-state index in [0.717, 1.165) is 18.4 Å². The number of amides is 2. The highest BCUT2D eigenvalue weighted by Crippen LogP contribution is 2.35. The molecule has 7 nitrogen and oxygen atoms in total. The van der Waals surface area contributed by atoms with Gasteiger partial charge >= 0.3 is 12.2 Å². The Hall–Kier alpha value is -2.28. The van der Waals surface area contributed by atoms with Crippen molar-refractivity contribution in [2.45, 2.75) is 63.9 Å². The van der Waals surface area contributed by atoms with Crippen molar-refractivity contribution >= 4 is 12.2 Å². The van der Waals surface area contributed by atoms with E-state index < -0.39 is 17.7 Å². The minimum absolute atomic E-state index is 0.114. The Labute approximate surface area is 159 Å². The van der Waals surface area contributed by atoms with Crippen LogP contribution in [0.15, 0.2) is 30.3 Å². The Kier molecular flexibility index (Phi) is 5.60. The number of fused-ring (bicyclic) bond motifs is 2. The van der Waals surface area contributed by atoms with E-state index in [2.05, 4.69) is 0 Å². The van der Waals surface area contributed by atoms with Gasteiger partial charge < -0.3 is 14.6 Å². The van der Waals surface area contributed by atoms with Crippen LogP contribution in [0.2, 0.25) is 0 Å². The molecule has 1 N–H and O–H groups in total. The lowest BCUT2D eigenvalue weighted by Crippen LogP contribution is -2.64. The largest absolute Gasteiger partial charge is 0.445 e. The zero-order valence-electron chi connectivity index (χ0n) is 16.1. The maximum absolute atomic E-state index is 12.6. The van der Waals surface area contributed by atoms with Crippen LogP contribution < -0.4 is 0 Å². The summed E-state index contributed by atoms with van der Waals surface area (Å²) in [6, 6.07) is 8.60. The molecule has 0 saturated carbocycles. The Morgan fingerprint density at radius 2 is 1.85 bits per heavy atom. The molecule has 0 radical (unpaired) electrons. The zero-order chi connectivity index (χ0) is 19.6. The Morgan fingerprint density at radius 1 is 1.15 bits per heavy atom. The standard InChI is InChI=1S/C20H28N2O5/c1-20(2,3)27-19(25)22-15-9-10-16(22)17(12-23)21(11-15)18(24)26-13-14-7-5-4-6-8-14/h4-8,15-17,23H,9-13H2,1-3H3. The summed E-state index contributed by atoms with van der Waals surface area (Å²) in [5.74, 6) is 0. The van der Waals surface area contributed by atoms with Crippen LogP contribution in [0, 0.1) is 0 Å². The van der Waals surface area contributed by atoms with Crippen LogP contribution in [0.3, 0.4) is 0 Å². The quantitative estimate of drug-likeness (QED) is 0.877. The Bertz CT molecular complexity index is 673. The van der Waals surface area contributed by atoms with Crippen LogP contribution in [0.4, 0.5) is 9.59 Å². The number of hydrogen-bond donors (Lipinski definition) is 1. The van der Waals surface area contributed by atoms with E-state index >= 15 is 0 Å². The van der Waals surface area contributed by atoms with Crippen LogP contribution in [0.5, 0.6) is 0 Å². The van der Waals surface area contributed by atoms with Crippen molar-refractivity contribution in [1.82, 2.24) is 9.80 Å². The van der Waals surface area contributed by atoms with E-state index in [-0.39, 0.29) is 31.4 Å². The summed E-state index contributed by atoms with van der Waals surface area (Å²) >= 11 is 0. The molecule has 0 aliphatic carbocycles. The van der Waals surface area contributed by atoms with Gasteiger partial charge in [-0.1, -0.05) is 30.3 Å². The molecule has 2 aliphatic heterocycles. The van der Waals surface area contributed by atoms with Gasteiger partial charge in [-0.05, 0) is 39.2 Å². The number of carbonyl (C=O) groups excluding carboxylic acids is 2. The van der Waals surface area contributed by atoms with Crippen molar-refractivity contribution in [1.29, 1.82) is 0 Å². The number of nitrogens with zero attached hydrogens (tertiary/aromatic N) is 2. The molecule has 3 atom stereocenters. The van der Waals surface area contributed by atoms with Gasteiger partial charge in [0.05, 0.1) is 24.7 Å². The second-order valence-electron chi connectivity index (χ2n) is 8.13. The van der Waals surface area contributed by atoms with Gasteiger partial charge in [-0.15, -0.1) is 0 Å². The van der Waals surface area contributed by atoms with Gasteiger partial charge in [0, 0.05) is 6.54 Å². The van der Waals surface area contributed by atoms with Crippen molar-refractivity contribution < 1.29 is 24.2 Å². The summed E-state index contributed by atoms with van der Waals surface area (Å²) in [6.45, 7) is 5.78. The fraction of sp³-hybridized carbons (Fsp3) is 0.600. The molecule has 0 aromatic heterocycles. The number of ether oxygens (including phenoxy) is 2. The summed E-state index contributed by atoms with van der Waals surface area (Å²) < 4.78 is 11.0. The predicted octanol–water partition coefficient (Wildman–Crippen LogP) is 2.77. The van der Waals surface area contributed by atoms with E-state index in [1.807, 2.05) is 51.1 Å². The van der Waals surface area contributed by atoms with Gasteiger partial charge in [-0.2, -0.15) is 0 Å². The normalized spacial score (nSPS) is 24.7. The summed E-state index contributed by atoms with van der Waals surface area (Å²) in [5.41, 5.74) is 0.318. The van der Waals surface area contributed by atoms with Crippen LogP contribution in [0.25, 0.3) is 0 Å². The molecule has 3 rings (SSSR count). The maximum Gasteiger partial charge on any atom is 0.410 e. The van der Waals surface area contributed by atoms with Crippen molar-refractivity contribution in [3.05, 3.63) is 35.9 Å². The van der Waals surface area contributed by atoms with Gasteiger partial charge in [0.15, 0.2) is 0 Å². The zero-order valence-corrected chi connectivity index (χ0v) is 16.1. The third-order valence-electron chi connectivity index (χ3n) is 5.03. The summed E-state index contributed by atoms with van der Waals surface area (Å²) in [4.78, 5) is 28.5. The average Bonchev–Trinajstić information content (AvgIpc) is 2.94. The van der Waals surface area contributed by atoms with E-state index in [1.54, 1.807) is 9.80 Å². The van der Waals surface area contributed by atoms with Gasteiger partial charge in [-0.3, -0.25) is 9.80 Å². The number of rotatable bonds is 3. The second-order valence-corrected chi connectivity index (χ2v) is 8.13. The van der Waals surface area contributed by atoms with Crippen LogP contribution >= 0.6 is 0 Å². The molecule has 2 bridgehead atoms. The molecule has 2 heterocycles. The first-order chi connectivity index (χ1) is 12.8. The number of hydrogen-bond acceptors (Lipinski definition) is 5. The molecule has 1 aromatic rings. The minimum Gasteiger partial charge on any atom is -0.445 e. The lowest BCUT2D eigenvalue weighted by Gasteiger charge is -2.45. The van der Waals surface area contributed by atoms with E-state index in [0.29, 0.717) is 6.54 Å². The topological polar surface area (TPSA) is 79.3 Å². The molecule has 2 saturated heterocycles. The number of carbonyl (C=O) groups is 2. The highest BCUT2D eigenvalue weighted by atomic mass is 16.6. The van der Waals surface area contributed by atoms with Gasteiger partial charge in [0.2, 0.25) is 0 Å². The molecule has 0 spiro atoms. The summed E-state index contributed by atoms with van der Waals surface area (Å²) in [7, 11) is 0. The highest BCUT2D eigenvalue weighted by Gasteiger charge is 2.51. The van der Waals surface area contributed by atoms with E-state index in [1.165, 1.54) is 0 Å². The Morgan fingerprint density at radius 3 is 2.48 bits per heavy atom. The van der Waals surface area contributed by atoms with Gasteiger partial charge in [-0.25, -0.2) is 9.59 Å². The monoisotopic (exact) mass is 376 g/mol. The number of aliphatic hydroxyl groups is 1. The SMILES string of the molecule is CC(C)(C)OC(=O)N1C2CCC1C(CO)N(C(=O)OCc1ccccc1)C2. The van der Waals surface area contributed by atoms with Crippen molar-refractivity contribution in [2.24, 2.45) is 0 Å². The van der Waals surface area contributed by atoms with Gasteiger partial charge in [0.25, 0.3) is 0 Å². The van der Waals surface area contributed by atoms with Crippen molar-refractivity contribution in [3.8, 4) is 0 Å². The molecule has 2 amide bonds. The first kappa shape index (κ1) is 19.5. The summed E-state index contributed by atoms with van der Waals surface area (Å²) in [6.07, 6.45) is 0.671. The highest BCUT2D eigenvalue weighted by molar-refractivity contribution is 5.72. The molecular weight excluding hydrogens is 348 g/mol. The first-order valence-electron chi connectivity index (χ1n) is 9.39. The molecule has 2 aliphatic rings. The number of aliphatic hydroxyl groups excluding tert-OH is 1. The molecular formula is C20H28N2O5. The second kappa shape index (κ2) is 7.76. The molecule has 2 fully saturated rings. The van der Waals surface area contributed by atoms with E-state index in [9.17, 15) is 14.7 Å². The smallest absolute Gasteiger partial charge is 0.410 e. The lowest BCUT2D eigenvalue weighted by molar-refractivity contribution is -0.0327. The van der Waals surface area contributed by atoms with Crippen LogP contribution in [-0.2, 0) is 16.1 Å². The molecule has 7 heteroatoms. The predicted molar refractivity (Wildman–Crippen MR) is 99.1 cm³/mol. The third-order valence-corrected chi connectivity index (χ3v) is 5.03. The number of benzene rings is 1. The van der Waals surface area contributed by atoms with E-state index in [4.69, 9.17) is 9.47 Å². The molecule has 148 valence electrons. The van der Waals surface area contributed by atoms with Crippen LogP contribution in [0.1, 0.15) is 39.2 Å². The Balaban J connectivity index is 1.67. The molecule has 1 aromatic carbocycles. The number of piperazine rings is 1. The number of likely N-dealkylation sites (tertiary alicyclic amines) is 1. The molecule has 27 heavy (non-hydrogen) atoms. The van der Waals surface area contributed by atoms with Crippen molar-refractivity contribution in [2.75, 3.05) is 13.2 Å². The summed E-state index contributed by atoms with van der Waals surface area (Å²) in [5, 5.41) is 9.92. The van der Waals surface area contributed by atoms with Crippen molar-refractivity contribution in [3.63, 3.8) is 0 Å².